The van der Waals surface area contributed by atoms with Gasteiger partial charge < -0.3 is 10.4 Å². The van der Waals surface area contributed by atoms with Crippen LogP contribution in [0.3, 0.4) is 0 Å². The topological polar surface area (TPSA) is 66.4 Å². The minimum atomic E-state index is -1.05. The first-order valence-electron chi connectivity index (χ1n) is 5.40. The standard InChI is InChI=1S/C12H13Cl2NO3/c1-2-10(12(17)18)15-11(16)5-7-3-4-8(13)6-9(7)14/h3-4,6,10H,2,5H2,1H3,(H,15,16)(H,17,18)/t10-/m1/s1. The van der Waals surface area contributed by atoms with Gasteiger partial charge in [-0.15, -0.1) is 0 Å². The Balaban J connectivity index is 2.67. The lowest BCUT2D eigenvalue weighted by Gasteiger charge is -2.12. The number of nitrogens with one attached hydrogen (secondary N) is 1. The van der Waals surface area contributed by atoms with E-state index in [4.69, 9.17) is 28.3 Å². The van der Waals surface area contributed by atoms with Crippen molar-refractivity contribution in [2.75, 3.05) is 0 Å². The Hall–Kier alpha value is -1.26. The Kier molecular flexibility index (Phi) is 5.44. The predicted octanol–water partition coefficient (Wildman–Crippen LogP) is 2.52. The van der Waals surface area contributed by atoms with E-state index in [9.17, 15) is 9.59 Å². The van der Waals surface area contributed by atoms with Crippen molar-refractivity contribution in [3.8, 4) is 0 Å². The van der Waals surface area contributed by atoms with Crippen molar-refractivity contribution in [3.63, 3.8) is 0 Å². The molecule has 4 nitrogen and oxygen atoms in total. The zero-order valence-electron chi connectivity index (χ0n) is 9.74. The van der Waals surface area contributed by atoms with Crippen molar-refractivity contribution >= 4 is 35.1 Å². The maximum absolute atomic E-state index is 11.7. The summed E-state index contributed by atoms with van der Waals surface area (Å²) in [5.41, 5.74) is 0.610. The van der Waals surface area contributed by atoms with Gasteiger partial charge in [-0.3, -0.25) is 4.79 Å². The van der Waals surface area contributed by atoms with Crippen molar-refractivity contribution in [2.24, 2.45) is 0 Å². The molecule has 6 heteroatoms. The lowest BCUT2D eigenvalue weighted by atomic mass is 10.1. The van der Waals surface area contributed by atoms with Gasteiger partial charge in [0.15, 0.2) is 0 Å². The monoisotopic (exact) mass is 289 g/mol. The summed E-state index contributed by atoms with van der Waals surface area (Å²) in [5, 5.41) is 12.1. The Bertz CT molecular complexity index is 463. The molecule has 0 saturated carbocycles. The molecule has 1 amide bonds. The SMILES string of the molecule is CC[C@@H](NC(=O)Cc1ccc(Cl)cc1Cl)C(=O)O. The molecule has 1 aromatic rings. The molecule has 0 unspecified atom stereocenters. The molecule has 0 saturated heterocycles. The fraction of sp³-hybridized carbons (Fsp3) is 0.333. The van der Waals surface area contributed by atoms with Gasteiger partial charge in [0, 0.05) is 10.0 Å². The minimum absolute atomic E-state index is 0.0276. The van der Waals surface area contributed by atoms with Crippen LogP contribution in [0, 0.1) is 0 Å². The summed E-state index contributed by atoms with van der Waals surface area (Å²) in [5.74, 6) is -1.43. The second-order valence-electron chi connectivity index (χ2n) is 3.78. The van der Waals surface area contributed by atoms with Gasteiger partial charge in [0.1, 0.15) is 6.04 Å². The van der Waals surface area contributed by atoms with Crippen LogP contribution in [0.25, 0.3) is 0 Å². The summed E-state index contributed by atoms with van der Waals surface area (Å²) >= 11 is 11.7. The van der Waals surface area contributed by atoms with Crippen LogP contribution in [0.5, 0.6) is 0 Å². The normalized spacial score (nSPS) is 11.9. The van der Waals surface area contributed by atoms with E-state index < -0.39 is 12.0 Å². The largest absolute Gasteiger partial charge is 0.480 e. The van der Waals surface area contributed by atoms with Crippen molar-refractivity contribution in [2.45, 2.75) is 25.8 Å². The molecule has 0 bridgehead atoms. The summed E-state index contributed by atoms with van der Waals surface area (Å²) in [7, 11) is 0. The fourth-order valence-corrected chi connectivity index (χ4v) is 1.90. The first kappa shape index (κ1) is 14.8. The third-order valence-electron chi connectivity index (χ3n) is 2.41. The van der Waals surface area contributed by atoms with Gasteiger partial charge in [-0.05, 0) is 24.1 Å². The summed E-state index contributed by atoms with van der Waals surface area (Å²) in [6.07, 6.45) is 0.356. The molecular formula is C12H13Cl2NO3. The Morgan fingerprint density at radius 2 is 2.06 bits per heavy atom. The second kappa shape index (κ2) is 6.61. The Morgan fingerprint density at radius 1 is 1.39 bits per heavy atom. The zero-order valence-corrected chi connectivity index (χ0v) is 11.3. The molecule has 0 aliphatic carbocycles. The lowest BCUT2D eigenvalue weighted by Crippen LogP contribution is -2.41. The number of carboxylic acids is 1. The molecule has 1 rings (SSSR count). The third-order valence-corrected chi connectivity index (χ3v) is 2.99. The fourth-order valence-electron chi connectivity index (χ4n) is 1.42. The molecule has 0 aliphatic heterocycles. The van der Waals surface area contributed by atoms with Gasteiger partial charge >= 0.3 is 5.97 Å². The molecule has 0 fully saturated rings. The number of benzene rings is 1. The van der Waals surface area contributed by atoms with Crippen molar-refractivity contribution in [3.05, 3.63) is 33.8 Å². The van der Waals surface area contributed by atoms with E-state index >= 15 is 0 Å². The van der Waals surface area contributed by atoms with E-state index in [-0.39, 0.29) is 12.3 Å². The van der Waals surface area contributed by atoms with Crippen LogP contribution < -0.4 is 5.32 Å². The first-order valence-corrected chi connectivity index (χ1v) is 6.15. The average molecular weight is 290 g/mol. The quantitative estimate of drug-likeness (QED) is 0.875. The highest BCUT2D eigenvalue weighted by Crippen LogP contribution is 2.21. The van der Waals surface area contributed by atoms with Gasteiger partial charge in [0.2, 0.25) is 5.91 Å². The van der Waals surface area contributed by atoms with Crippen LogP contribution in [0.15, 0.2) is 18.2 Å². The van der Waals surface area contributed by atoms with Crippen molar-refractivity contribution in [1.29, 1.82) is 0 Å². The number of hydrogen-bond acceptors (Lipinski definition) is 2. The molecule has 0 aromatic heterocycles. The first-order chi connectivity index (χ1) is 8.43. The smallest absolute Gasteiger partial charge is 0.326 e. The predicted molar refractivity (Wildman–Crippen MR) is 70.0 cm³/mol. The van der Waals surface area contributed by atoms with Gasteiger partial charge in [-0.1, -0.05) is 36.2 Å². The van der Waals surface area contributed by atoms with E-state index in [0.717, 1.165) is 0 Å². The zero-order chi connectivity index (χ0) is 13.7. The van der Waals surface area contributed by atoms with Gasteiger partial charge in [-0.2, -0.15) is 0 Å². The van der Waals surface area contributed by atoms with E-state index in [1.54, 1.807) is 25.1 Å². The van der Waals surface area contributed by atoms with Crippen LogP contribution in [-0.2, 0) is 16.0 Å². The Morgan fingerprint density at radius 3 is 2.56 bits per heavy atom. The molecule has 1 aromatic carbocycles. The highest BCUT2D eigenvalue weighted by molar-refractivity contribution is 6.35. The molecule has 98 valence electrons. The summed E-state index contributed by atoms with van der Waals surface area (Å²) in [6.45, 7) is 1.69. The molecule has 0 spiro atoms. The summed E-state index contributed by atoms with van der Waals surface area (Å²) in [6, 6.07) is 3.94. The van der Waals surface area contributed by atoms with E-state index in [2.05, 4.69) is 5.32 Å². The van der Waals surface area contributed by atoms with E-state index in [1.807, 2.05) is 0 Å². The Labute approximate surface area is 115 Å². The second-order valence-corrected chi connectivity index (χ2v) is 4.62. The van der Waals surface area contributed by atoms with Gasteiger partial charge in [0.25, 0.3) is 0 Å². The molecule has 0 aliphatic rings. The molecule has 0 heterocycles. The van der Waals surface area contributed by atoms with E-state index in [1.165, 1.54) is 0 Å². The molecule has 0 radical (unpaired) electrons. The number of aliphatic carboxylic acids is 1. The van der Waals surface area contributed by atoms with Gasteiger partial charge in [0.05, 0.1) is 6.42 Å². The highest BCUT2D eigenvalue weighted by Gasteiger charge is 2.18. The third kappa shape index (κ3) is 4.20. The van der Waals surface area contributed by atoms with Crippen LogP contribution in [0.1, 0.15) is 18.9 Å². The number of rotatable bonds is 5. The van der Waals surface area contributed by atoms with Crippen LogP contribution in [0.2, 0.25) is 10.0 Å². The number of halogens is 2. The van der Waals surface area contributed by atoms with Crippen LogP contribution in [0.4, 0.5) is 0 Å². The lowest BCUT2D eigenvalue weighted by molar-refractivity contribution is -0.141. The molecule has 1 atom stereocenters. The highest BCUT2D eigenvalue weighted by atomic mass is 35.5. The molecule has 18 heavy (non-hydrogen) atoms. The maximum atomic E-state index is 11.7. The summed E-state index contributed by atoms with van der Waals surface area (Å²) in [4.78, 5) is 22.4. The average Bonchev–Trinajstić information content (AvgIpc) is 2.29. The number of carboxylic acid groups (broad SMARTS) is 1. The number of carbonyl (C=O) groups excluding carboxylic acids is 1. The number of carbonyl (C=O) groups is 2. The number of hydrogen-bond donors (Lipinski definition) is 2. The molecule has 2 N–H and O–H groups in total. The van der Waals surface area contributed by atoms with Crippen molar-refractivity contribution < 1.29 is 14.7 Å². The summed E-state index contributed by atoms with van der Waals surface area (Å²) < 4.78 is 0. The van der Waals surface area contributed by atoms with Crippen LogP contribution in [-0.4, -0.2) is 23.0 Å². The number of amides is 1. The maximum Gasteiger partial charge on any atom is 0.326 e. The van der Waals surface area contributed by atoms with Crippen molar-refractivity contribution in [1.82, 2.24) is 5.32 Å². The molecular weight excluding hydrogens is 277 g/mol. The van der Waals surface area contributed by atoms with Crippen LogP contribution >= 0.6 is 23.2 Å². The van der Waals surface area contributed by atoms with Gasteiger partial charge in [-0.25, -0.2) is 4.79 Å². The minimum Gasteiger partial charge on any atom is -0.480 e. The van der Waals surface area contributed by atoms with E-state index in [0.29, 0.717) is 22.0 Å².